The SMILES string of the molecule is C[SiH]C.Cc1c(C)c(C)[c-](C)c1C.[CH-]=O.[CH-]=O.[Zr].c1cc[cH-]c1.c1cc[cH-]c1. The second kappa shape index (κ2) is 25.5. The molecule has 0 fully saturated rings. The van der Waals surface area contributed by atoms with Gasteiger partial charge in [-0.2, -0.15) is 64.2 Å². The van der Waals surface area contributed by atoms with Gasteiger partial charge in [0.1, 0.15) is 0 Å². The summed E-state index contributed by atoms with van der Waals surface area (Å²) >= 11 is 0. The molecule has 0 amide bonds. The Morgan fingerprint density at radius 1 is 0.714 bits per heavy atom. The van der Waals surface area contributed by atoms with Gasteiger partial charge >= 0.3 is 0 Å². The molecule has 155 valence electrons. The van der Waals surface area contributed by atoms with Crippen LogP contribution in [0.3, 0.4) is 0 Å². The fourth-order valence-electron chi connectivity index (χ4n) is 2.05. The van der Waals surface area contributed by atoms with E-state index in [1.807, 2.05) is 60.7 Å². The zero-order valence-electron chi connectivity index (χ0n) is 18.3. The van der Waals surface area contributed by atoms with Gasteiger partial charge in [0.2, 0.25) is 0 Å². The van der Waals surface area contributed by atoms with E-state index in [0.29, 0.717) is 0 Å². The van der Waals surface area contributed by atoms with Crippen molar-refractivity contribution < 1.29 is 35.8 Å². The molecule has 4 heteroatoms. The van der Waals surface area contributed by atoms with Crippen molar-refractivity contribution in [3.63, 3.8) is 0 Å². The van der Waals surface area contributed by atoms with Crippen LogP contribution in [-0.4, -0.2) is 23.1 Å². The molecule has 0 bridgehead atoms. The van der Waals surface area contributed by atoms with Crippen LogP contribution < -0.4 is 0 Å². The van der Waals surface area contributed by atoms with Crippen LogP contribution in [0, 0.1) is 34.6 Å². The number of hydrogen-bond donors (Lipinski definition) is 0. The summed E-state index contributed by atoms with van der Waals surface area (Å²) < 4.78 is 0. The smallest absolute Gasteiger partial charge is 0.0213 e. The molecule has 3 aromatic carbocycles. The van der Waals surface area contributed by atoms with E-state index < -0.39 is 0 Å². The molecule has 0 N–H and O–H groups in total. The van der Waals surface area contributed by atoms with Crippen molar-refractivity contribution in [3.8, 4) is 0 Å². The van der Waals surface area contributed by atoms with Crippen LogP contribution in [0.4, 0.5) is 0 Å². The van der Waals surface area contributed by atoms with E-state index in [4.69, 9.17) is 9.59 Å². The van der Waals surface area contributed by atoms with E-state index in [-0.39, 0.29) is 26.2 Å². The van der Waals surface area contributed by atoms with E-state index in [2.05, 4.69) is 61.3 Å². The molecule has 1 radical (unpaired) electrons. The third-order valence-electron chi connectivity index (χ3n) is 3.92. The molecule has 0 aliphatic rings. The van der Waals surface area contributed by atoms with Crippen molar-refractivity contribution in [2.75, 3.05) is 0 Å². The maximum Gasteiger partial charge on any atom is 0.0213 e. The minimum Gasteiger partial charge on any atom is -0.545 e. The first-order valence-corrected chi connectivity index (χ1v) is 11.0. The average molecular weight is 474 g/mol. The fourth-order valence-corrected chi connectivity index (χ4v) is 2.05. The topological polar surface area (TPSA) is 34.1 Å². The summed E-state index contributed by atoms with van der Waals surface area (Å²) in [6.45, 7) is 21.9. The van der Waals surface area contributed by atoms with E-state index in [1.165, 1.54) is 27.8 Å². The molecule has 3 rings (SSSR count). The minimum absolute atomic E-state index is 0. The van der Waals surface area contributed by atoms with Gasteiger partial charge in [-0.25, -0.2) is 24.3 Å². The first-order chi connectivity index (χ1) is 13.0. The van der Waals surface area contributed by atoms with Gasteiger partial charge in [0.25, 0.3) is 0 Å². The van der Waals surface area contributed by atoms with Crippen LogP contribution in [0.5, 0.6) is 0 Å². The Morgan fingerprint density at radius 2 is 0.929 bits per heavy atom. The molecule has 2 nitrogen and oxygen atoms in total. The first kappa shape index (κ1) is 34.0. The van der Waals surface area contributed by atoms with E-state index in [9.17, 15) is 0 Å². The quantitative estimate of drug-likeness (QED) is 0.237. The summed E-state index contributed by atoms with van der Waals surface area (Å²) in [6.07, 6.45) is 0. The zero-order chi connectivity index (χ0) is 21.7. The summed E-state index contributed by atoms with van der Waals surface area (Å²) in [5.74, 6) is 0. The zero-order valence-corrected chi connectivity index (χ0v) is 21.9. The van der Waals surface area contributed by atoms with Crippen LogP contribution in [0.25, 0.3) is 0 Å². The monoisotopic (exact) mass is 472 g/mol. The maximum atomic E-state index is 7.75. The summed E-state index contributed by atoms with van der Waals surface area (Å²) in [4.78, 5) is 15.5. The molecule has 0 spiro atoms. The second-order valence-electron chi connectivity index (χ2n) is 5.63. The number of carbonyl (C=O) groups excluding carboxylic acids is 2. The van der Waals surface area contributed by atoms with E-state index in [1.54, 1.807) is 0 Å². The largest absolute Gasteiger partial charge is 0.545 e. The van der Waals surface area contributed by atoms with Gasteiger partial charge in [-0.3, -0.25) is 13.6 Å². The summed E-state index contributed by atoms with van der Waals surface area (Å²) in [5, 5.41) is 0. The van der Waals surface area contributed by atoms with Crippen molar-refractivity contribution in [1.82, 2.24) is 0 Å². The molecule has 0 heterocycles. The molecule has 0 aliphatic carbocycles. The van der Waals surface area contributed by atoms with E-state index >= 15 is 0 Å². The molecule has 0 saturated carbocycles. The molecule has 0 unspecified atom stereocenters. The molecule has 3 aromatic rings. The van der Waals surface area contributed by atoms with Gasteiger partial charge in [0.05, 0.1) is 0 Å². The standard InChI is InChI=1S/C10H15.2C5H5.C2H7Si.2CHO.Zr/c1-6-7(2)9(4)10(5)8(6)3;2*1-2-4-5-3-1;1-3-2;2*1-2;/h1-5H3;2*1-5H;3H,1-2H3;2*1H;/q3*-1;;2*-1;. The average Bonchev–Trinajstić information content (AvgIpc) is 3.49. The van der Waals surface area contributed by atoms with Crippen LogP contribution in [0.2, 0.25) is 13.1 Å². The Balaban J connectivity index is -0.000000138. The van der Waals surface area contributed by atoms with Gasteiger partial charge in [0.15, 0.2) is 0 Å². The third kappa shape index (κ3) is 16.6. The van der Waals surface area contributed by atoms with Gasteiger partial charge in [-0.15, -0.1) is 0 Å². The molecular weight excluding hydrogens is 440 g/mol. The Hall–Kier alpha value is -1.51. The molecular formula is C24H34O2SiZr-5. The summed E-state index contributed by atoms with van der Waals surface area (Å²) in [5.41, 5.74) is 7.34. The Labute approximate surface area is 194 Å². The summed E-state index contributed by atoms with van der Waals surface area (Å²) in [6, 6.07) is 20.0. The van der Waals surface area contributed by atoms with Crippen LogP contribution in [0.1, 0.15) is 27.8 Å². The number of hydrogen-bond acceptors (Lipinski definition) is 2. The van der Waals surface area contributed by atoms with Gasteiger partial charge in [-0.1, -0.05) is 47.7 Å². The summed E-state index contributed by atoms with van der Waals surface area (Å²) in [7, 11) is 0.750. The first-order valence-electron chi connectivity index (χ1n) is 8.71. The van der Waals surface area contributed by atoms with Crippen LogP contribution >= 0.6 is 0 Å². The third-order valence-corrected chi connectivity index (χ3v) is 3.92. The molecule has 0 saturated heterocycles. The predicted molar refractivity (Wildman–Crippen MR) is 122 cm³/mol. The van der Waals surface area contributed by atoms with Crippen molar-refractivity contribution in [1.29, 1.82) is 0 Å². The molecule has 0 atom stereocenters. The minimum atomic E-state index is 0. The van der Waals surface area contributed by atoms with Crippen molar-refractivity contribution >= 4 is 23.1 Å². The van der Waals surface area contributed by atoms with Crippen LogP contribution in [0.15, 0.2) is 60.7 Å². The Kier molecular flexibility index (Phi) is 31.0. The van der Waals surface area contributed by atoms with Gasteiger partial charge < -0.3 is 9.59 Å². The molecule has 0 aromatic heterocycles. The van der Waals surface area contributed by atoms with E-state index in [0.717, 1.165) is 9.52 Å². The molecule has 28 heavy (non-hydrogen) atoms. The van der Waals surface area contributed by atoms with Crippen molar-refractivity contribution in [2.45, 2.75) is 47.7 Å². The van der Waals surface area contributed by atoms with Gasteiger partial charge in [0, 0.05) is 35.7 Å². The van der Waals surface area contributed by atoms with Crippen molar-refractivity contribution in [3.05, 3.63) is 88.5 Å². The maximum absolute atomic E-state index is 7.75. The second-order valence-corrected chi connectivity index (χ2v) is 6.78. The predicted octanol–water partition coefficient (Wildman–Crippen LogP) is 5.73. The van der Waals surface area contributed by atoms with Crippen molar-refractivity contribution in [2.24, 2.45) is 0 Å². The Morgan fingerprint density at radius 3 is 1.00 bits per heavy atom. The van der Waals surface area contributed by atoms with Crippen LogP contribution in [-0.2, 0) is 35.8 Å². The molecule has 0 aliphatic heterocycles. The number of rotatable bonds is 0. The fraction of sp³-hybridized carbons (Fsp3) is 0.292. The normalized spacial score (nSPS) is 7.54. The van der Waals surface area contributed by atoms with Gasteiger partial charge in [-0.05, 0) is 0 Å². The Bertz CT molecular complexity index is 483.